The maximum Gasteiger partial charge on any atom is 0.282 e. The number of hydrogen-bond acceptors (Lipinski definition) is 6. The van der Waals surface area contributed by atoms with Crippen molar-refractivity contribution >= 4 is 39.2 Å². The molecule has 5 rings (SSSR count). The Kier molecular flexibility index (Phi) is 5.44. The molecule has 1 saturated carbocycles. The van der Waals surface area contributed by atoms with Gasteiger partial charge in [-0.1, -0.05) is 54.2 Å². The van der Waals surface area contributed by atoms with Crippen molar-refractivity contribution in [2.75, 3.05) is 5.84 Å². The fourth-order valence-corrected chi connectivity index (χ4v) is 5.43. The number of benzene rings is 2. The van der Waals surface area contributed by atoms with E-state index in [0.29, 0.717) is 15.8 Å². The van der Waals surface area contributed by atoms with Crippen LogP contribution in [0.25, 0.3) is 21.3 Å². The van der Waals surface area contributed by atoms with Crippen LogP contribution in [0, 0.1) is 5.82 Å². The number of carbonyl (C=O) groups excluding carboxylic acids is 1. The van der Waals surface area contributed by atoms with E-state index in [-0.39, 0.29) is 28.5 Å². The summed E-state index contributed by atoms with van der Waals surface area (Å²) in [6.07, 6.45) is 1.88. The van der Waals surface area contributed by atoms with E-state index in [0.717, 1.165) is 40.4 Å². The predicted molar refractivity (Wildman–Crippen MR) is 126 cm³/mol. The topological polar surface area (TPSA) is 90.0 Å². The second-order valence-corrected chi connectivity index (χ2v) is 9.53. The Labute approximate surface area is 191 Å². The van der Waals surface area contributed by atoms with E-state index in [1.54, 1.807) is 12.1 Å². The number of nitrogen functional groups attached to an aromatic ring is 1. The zero-order chi connectivity index (χ0) is 22.2. The first-order chi connectivity index (χ1) is 15.5. The number of hydrogen-bond donors (Lipinski definition) is 2. The van der Waals surface area contributed by atoms with Crippen LogP contribution in [0.5, 0.6) is 0 Å². The zero-order valence-corrected chi connectivity index (χ0v) is 18.5. The average Bonchev–Trinajstić information content (AvgIpc) is 3.52. The number of carbonyl (C=O) groups is 1. The lowest BCUT2D eigenvalue weighted by Gasteiger charge is -2.17. The smallest absolute Gasteiger partial charge is 0.282 e. The van der Waals surface area contributed by atoms with Crippen LogP contribution < -0.4 is 16.7 Å². The molecule has 2 aromatic heterocycles. The molecule has 32 heavy (non-hydrogen) atoms. The summed E-state index contributed by atoms with van der Waals surface area (Å²) >= 11 is 2.44. The van der Waals surface area contributed by atoms with Gasteiger partial charge in [-0.3, -0.25) is 9.59 Å². The van der Waals surface area contributed by atoms with Gasteiger partial charge in [0.2, 0.25) is 5.91 Å². The largest absolute Gasteiger partial charge is 0.352 e. The molecule has 0 spiro atoms. The molecule has 0 bridgehead atoms. The van der Waals surface area contributed by atoms with Crippen molar-refractivity contribution in [1.82, 2.24) is 15.0 Å². The second-order valence-electron chi connectivity index (χ2n) is 7.60. The summed E-state index contributed by atoms with van der Waals surface area (Å²) in [5.41, 5.74) is 1.92. The number of nitrogens with one attached hydrogen (secondary N) is 1. The molecule has 1 fully saturated rings. The van der Waals surface area contributed by atoms with Crippen molar-refractivity contribution in [3.05, 3.63) is 81.7 Å². The third-order valence-corrected chi connectivity index (χ3v) is 7.34. The Balaban J connectivity index is 1.55. The highest BCUT2D eigenvalue weighted by atomic mass is 32.2. The van der Waals surface area contributed by atoms with Crippen LogP contribution in [0.3, 0.4) is 0 Å². The van der Waals surface area contributed by atoms with Gasteiger partial charge in [-0.25, -0.2) is 14.1 Å². The van der Waals surface area contributed by atoms with E-state index in [2.05, 4.69) is 10.3 Å². The van der Waals surface area contributed by atoms with Crippen molar-refractivity contribution in [1.29, 1.82) is 0 Å². The Hall–Kier alpha value is -3.17. The van der Waals surface area contributed by atoms with Crippen LogP contribution in [-0.4, -0.2) is 21.6 Å². The van der Waals surface area contributed by atoms with Gasteiger partial charge in [0.25, 0.3) is 5.56 Å². The van der Waals surface area contributed by atoms with Crippen LogP contribution in [0.1, 0.15) is 23.7 Å². The summed E-state index contributed by atoms with van der Waals surface area (Å²) < 4.78 is 14.4. The highest BCUT2D eigenvalue weighted by Gasteiger charge is 2.30. The second kappa shape index (κ2) is 8.40. The number of thioether (sulfide) groups is 1. The molecule has 3 N–H and O–H groups in total. The van der Waals surface area contributed by atoms with Crippen molar-refractivity contribution < 1.29 is 9.18 Å². The molecule has 0 radical (unpaired) electrons. The molecule has 0 aliphatic heterocycles. The molecule has 1 aliphatic carbocycles. The minimum atomic E-state index is -0.719. The number of rotatable bonds is 6. The molecule has 6 nitrogen and oxygen atoms in total. The van der Waals surface area contributed by atoms with E-state index >= 15 is 0 Å². The fraction of sp³-hybridized carbons (Fsp3) is 0.174. The third-order valence-electron chi connectivity index (χ3n) is 5.25. The quantitative estimate of drug-likeness (QED) is 0.254. The molecular formula is C23H19FN4O2S2. The summed E-state index contributed by atoms with van der Waals surface area (Å²) in [5, 5.41) is 4.83. The van der Waals surface area contributed by atoms with Gasteiger partial charge < -0.3 is 11.2 Å². The van der Waals surface area contributed by atoms with Gasteiger partial charge in [0.05, 0.1) is 5.39 Å². The lowest BCUT2D eigenvalue weighted by Crippen LogP contribution is -2.32. The summed E-state index contributed by atoms with van der Waals surface area (Å²) in [6.45, 7) is 0. The van der Waals surface area contributed by atoms with Crippen molar-refractivity contribution in [3.63, 3.8) is 0 Å². The van der Waals surface area contributed by atoms with Gasteiger partial charge in [0.1, 0.15) is 15.9 Å². The van der Waals surface area contributed by atoms with E-state index < -0.39 is 5.25 Å². The number of fused-ring (bicyclic) bond motifs is 1. The Morgan fingerprint density at radius 3 is 2.59 bits per heavy atom. The van der Waals surface area contributed by atoms with Crippen molar-refractivity contribution in [2.45, 2.75) is 29.3 Å². The number of amides is 1. The molecule has 2 heterocycles. The van der Waals surface area contributed by atoms with Crippen molar-refractivity contribution in [3.8, 4) is 11.1 Å². The fourth-order valence-electron chi connectivity index (χ4n) is 3.42. The highest BCUT2D eigenvalue weighted by Crippen LogP contribution is 2.37. The van der Waals surface area contributed by atoms with Gasteiger partial charge in [-0.15, -0.1) is 11.3 Å². The Morgan fingerprint density at radius 1 is 1.19 bits per heavy atom. The minimum Gasteiger partial charge on any atom is -0.352 e. The standard InChI is InChI=1S/C23H19FN4O2S2/c24-15-8-6-14(7-9-15)19(20(29)26-16-10-11-16)32-23-27-21-18(22(30)28(23)25)17(12-31-21)13-4-2-1-3-5-13/h1-9,12,16,19H,10-11,25H2,(H,26,29). The molecule has 9 heteroatoms. The monoisotopic (exact) mass is 466 g/mol. The van der Waals surface area contributed by atoms with Gasteiger partial charge in [-0.05, 0) is 36.1 Å². The maximum atomic E-state index is 13.4. The number of halogens is 1. The predicted octanol–water partition coefficient (Wildman–Crippen LogP) is 4.09. The molecule has 1 atom stereocenters. The molecule has 2 aromatic carbocycles. The number of nitrogens with zero attached hydrogens (tertiary/aromatic N) is 2. The van der Waals surface area contributed by atoms with Crippen LogP contribution in [-0.2, 0) is 4.79 Å². The third kappa shape index (κ3) is 4.01. The Morgan fingerprint density at radius 2 is 1.91 bits per heavy atom. The first-order valence-corrected chi connectivity index (χ1v) is 11.8. The molecule has 4 aromatic rings. The van der Waals surface area contributed by atoms with E-state index in [1.165, 1.54) is 23.5 Å². The average molecular weight is 467 g/mol. The summed E-state index contributed by atoms with van der Waals surface area (Å²) in [4.78, 5) is 31.3. The van der Waals surface area contributed by atoms with Crippen LogP contribution in [0.2, 0.25) is 0 Å². The molecule has 162 valence electrons. The molecule has 1 aliphatic rings. The van der Waals surface area contributed by atoms with Gasteiger partial charge >= 0.3 is 0 Å². The number of nitrogens with two attached hydrogens (primary N) is 1. The van der Waals surface area contributed by atoms with Crippen LogP contribution in [0.15, 0.2) is 69.9 Å². The molecule has 1 amide bonds. The number of aromatic nitrogens is 2. The lowest BCUT2D eigenvalue weighted by atomic mass is 10.1. The van der Waals surface area contributed by atoms with Crippen LogP contribution >= 0.6 is 23.1 Å². The van der Waals surface area contributed by atoms with E-state index in [9.17, 15) is 14.0 Å². The summed E-state index contributed by atoms with van der Waals surface area (Å²) in [7, 11) is 0. The zero-order valence-electron chi connectivity index (χ0n) is 16.8. The normalized spacial score (nSPS) is 14.4. The minimum absolute atomic E-state index is 0.160. The van der Waals surface area contributed by atoms with Gasteiger partial charge in [-0.2, -0.15) is 0 Å². The Bertz CT molecular complexity index is 1350. The van der Waals surface area contributed by atoms with Gasteiger partial charge in [0, 0.05) is 17.0 Å². The molecule has 0 saturated heterocycles. The highest BCUT2D eigenvalue weighted by molar-refractivity contribution is 8.00. The lowest BCUT2D eigenvalue weighted by molar-refractivity contribution is -0.120. The summed E-state index contributed by atoms with van der Waals surface area (Å²) in [6, 6.07) is 15.5. The maximum absolute atomic E-state index is 13.4. The van der Waals surface area contributed by atoms with Crippen LogP contribution in [0.4, 0.5) is 4.39 Å². The van der Waals surface area contributed by atoms with E-state index in [1.807, 2.05) is 35.7 Å². The first kappa shape index (κ1) is 20.7. The molecule has 1 unspecified atom stereocenters. The summed E-state index contributed by atoms with van der Waals surface area (Å²) in [5.74, 6) is 5.55. The van der Waals surface area contributed by atoms with Gasteiger partial charge in [0.15, 0.2) is 5.16 Å². The molecular weight excluding hydrogens is 447 g/mol. The SMILES string of the molecule is Nn1c(SC(C(=O)NC2CC2)c2ccc(F)cc2)nc2scc(-c3ccccc3)c2c1=O. The van der Waals surface area contributed by atoms with E-state index in [4.69, 9.17) is 5.84 Å². The number of thiophene rings is 1. The van der Waals surface area contributed by atoms with Crippen molar-refractivity contribution in [2.24, 2.45) is 0 Å². The first-order valence-electron chi connectivity index (χ1n) is 10.1.